The Morgan fingerprint density at radius 1 is 1.16 bits per heavy atom. The van der Waals surface area contributed by atoms with Crippen LogP contribution in [0.15, 0.2) is 76.2 Å². The number of Topliss-reactive ketones (excluding diaryl/α,β-unsaturated/α-hetero) is 1. The van der Waals surface area contributed by atoms with Crippen molar-refractivity contribution in [2.75, 3.05) is 4.90 Å². The average Bonchev–Trinajstić information content (AvgIpc) is 2.72. The van der Waals surface area contributed by atoms with E-state index in [4.69, 9.17) is 5.73 Å². The number of anilines is 1. The molecule has 154 valence electrons. The molecule has 2 N–H and O–H groups in total. The summed E-state index contributed by atoms with van der Waals surface area (Å²) in [5.41, 5.74) is 9.30. The van der Waals surface area contributed by atoms with Gasteiger partial charge in [0.15, 0.2) is 11.6 Å². The van der Waals surface area contributed by atoms with Crippen LogP contribution in [-0.4, -0.2) is 11.6 Å². The molecule has 5 rings (SSSR count). The second-order valence-electron chi connectivity index (χ2n) is 8.95. The van der Waals surface area contributed by atoms with Gasteiger partial charge in [-0.1, -0.05) is 44.2 Å². The molecule has 31 heavy (non-hydrogen) atoms. The molecule has 0 fully saturated rings. The fourth-order valence-electron chi connectivity index (χ4n) is 4.91. The molecule has 0 amide bonds. The minimum Gasteiger partial charge on any atom is -0.383 e. The number of aliphatic imine (C=N–C) groups is 1. The van der Waals surface area contributed by atoms with E-state index in [0.29, 0.717) is 35.6 Å². The molecular formula is C25H21FN4O. The summed E-state index contributed by atoms with van der Waals surface area (Å²) in [4.78, 5) is 19.9. The van der Waals surface area contributed by atoms with E-state index in [1.807, 2.05) is 43.0 Å². The SMILES string of the molecule is CC1(C)CC(=O)C2=C(C1)N1C(=C(C#N)[C@H]2c2ccccc2F)N=C(N)c2ccccc21. The first-order valence-corrected chi connectivity index (χ1v) is 10.2. The van der Waals surface area contributed by atoms with E-state index in [9.17, 15) is 14.4 Å². The third kappa shape index (κ3) is 2.81. The number of nitrogens with zero attached hydrogens (tertiary/aromatic N) is 3. The van der Waals surface area contributed by atoms with Crippen molar-refractivity contribution < 1.29 is 9.18 Å². The van der Waals surface area contributed by atoms with Crippen molar-refractivity contribution in [2.24, 2.45) is 16.1 Å². The molecular weight excluding hydrogens is 391 g/mol. The van der Waals surface area contributed by atoms with Crippen LogP contribution in [0.2, 0.25) is 0 Å². The van der Waals surface area contributed by atoms with Gasteiger partial charge in [0.25, 0.3) is 0 Å². The van der Waals surface area contributed by atoms with Gasteiger partial charge >= 0.3 is 0 Å². The molecule has 6 heteroatoms. The number of rotatable bonds is 1. The molecule has 3 aliphatic rings. The number of nitrogens with two attached hydrogens (primary N) is 1. The molecule has 0 radical (unpaired) electrons. The molecule has 2 aliphatic heterocycles. The number of halogens is 1. The summed E-state index contributed by atoms with van der Waals surface area (Å²) in [6, 6.07) is 16.1. The van der Waals surface area contributed by atoms with Crippen LogP contribution in [0.5, 0.6) is 0 Å². The van der Waals surface area contributed by atoms with Gasteiger partial charge in [0.1, 0.15) is 11.7 Å². The number of amidine groups is 1. The number of hydrogen-bond acceptors (Lipinski definition) is 5. The van der Waals surface area contributed by atoms with Crippen LogP contribution in [0, 0.1) is 22.6 Å². The van der Waals surface area contributed by atoms with E-state index in [2.05, 4.69) is 11.1 Å². The number of carbonyl (C=O) groups excluding carboxylic acids is 1. The predicted octanol–water partition coefficient (Wildman–Crippen LogP) is 4.53. The highest BCUT2D eigenvalue weighted by atomic mass is 19.1. The molecule has 0 unspecified atom stereocenters. The van der Waals surface area contributed by atoms with Gasteiger partial charge in [0.2, 0.25) is 0 Å². The Hall–Kier alpha value is -3.72. The number of para-hydroxylation sites is 1. The van der Waals surface area contributed by atoms with Crippen LogP contribution in [0.3, 0.4) is 0 Å². The Labute approximate surface area is 180 Å². The fraction of sp³-hybridized carbons (Fsp3) is 0.240. The van der Waals surface area contributed by atoms with Crippen molar-refractivity contribution in [3.8, 4) is 6.07 Å². The summed E-state index contributed by atoms with van der Waals surface area (Å²) in [7, 11) is 0. The monoisotopic (exact) mass is 412 g/mol. The average molecular weight is 412 g/mol. The van der Waals surface area contributed by atoms with Crippen molar-refractivity contribution in [1.29, 1.82) is 5.26 Å². The summed E-state index contributed by atoms with van der Waals surface area (Å²) in [5, 5.41) is 10.2. The molecule has 0 saturated heterocycles. The van der Waals surface area contributed by atoms with Gasteiger partial charge in [0.05, 0.1) is 23.2 Å². The molecule has 1 atom stereocenters. The molecule has 5 nitrogen and oxygen atoms in total. The number of ketones is 1. The number of fused-ring (bicyclic) bond motifs is 4. The molecule has 0 saturated carbocycles. The van der Waals surface area contributed by atoms with Gasteiger partial charge in [-0.2, -0.15) is 5.26 Å². The zero-order valence-corrected chi connectivity index (χ0v) is 17.3. The van der Waals surface area contributed by atoms with Crippen LogP contribution >= 0.6 is 0 Å². The second kappa shape index (κ2) is 6.64. The van der Waals surface area contributed by atoms with Crippen LogP contribution in [0.25, 0.3) is 0 Å². The summed E-state index contributed by atoms with van der Waals surface area (Å²) >= 11 is 0. The van der Waals surface area contributed by atoms with E-state index in [-0.39, 0.29) is 16.8 Å². The lowest BCUT2D eigenvalue weighted by Crippen LogP contribution is -2.42. The van der Waals surface area contributed by atoms with Crippen molar-refractivity contribution in [1.82, 2.24) is 0 Å². The maximum absolute atomic E-state index is 14.9. The van der Waals surface area contributed by atoms with Crippen molar-refractivity contribution in [2.45, 2.75) is 32.6 Å². The predicted molar refractivity (Wildman–Crippen MR) is 116 cm³/mol. The van der Waals surface area contributed by atoms with E-state index in [1.54, 1.807) is 18.2 Å². The summed E-state index contributed by atoms with van der Waals surface area (Å²) in [5.74, 6) is -0.653. The molecule has 0 aromatic heterocycles. The standard InChI is InChI=1S/C25H21FN4O/c1-25(2)11-19-22(20(31)12-25)21(14-7-3-5-9-17(14)26)16(13-27)24-29-23(28)15-8-4-6-10-18(15)30(19)24/h3-10,21H,11-12H2,1-2H3,(H2,28,29)/t21-/m1/s1. The maximum Gasteiger partial charge on any atom is 0.162 e. The highest BCUT2D eigenvalue weighted by molar-refractivity contribution is 6.08. The maximum atomic E-state index is 14.9. The largest absolute Gasteiger partial charge is 0.383 e. The van der Waals surface area contributed by atoms with Crippen molar-refractivity contribution >= 4 is 17.3 Å². The van der Waals surface area contributed by atoms with Gasteiger partial charge < -0.3 is 5.73 Å². The Kier molecular flexibility index (Phi) is 4.13. The Morgan fingerprint density at radius 2 is 1.87 bits per heavy atom. The lowest BCUT2D eigenvalue weighted by atomic mass is 9.68. The van der Waals surface area contributed by atoms with E-state index in [1.165, 1.54) is 6.07 Å². The zero-order valence-electron chi connectivity index (χ0n) is 17.3. The minimum atomic E-state index is -0.808. The minimum absolute atomic E-state index is 0.0636. The van der Waals surface area contributed by atoms with Crippen LogP contribution in [0.4, 0.5) is 10.1 Å². The highest BCUT2D eigenvalue weighted by Crippen LogP contribution is 2.52. The number of carbonyl (C=O) groups is 1. The molecule has 2 aromatic carbocycles. The number of hydrogen-bond donors (Lipinski definition) is 1. The first-order valence-electron chi connectivity index (χ1n) is 10.2. The van der Waals surface area contributed by atoms with Gasteiger partial charge in [-0.25, -0.2) is 9.38 Å². The smallest absolute Gasteiger partial charge is 0.162 e. The highest BCUT2D eigenvalue weighted by Gasteiger charge is 2.47. The van der Waals surface area contributed by atoms with Gasteiger partial charge in [-0.05, 0) is 30.0 Å². The lowest BCUT2D eigenvalue weighted by Gasteiger charge is -2.45. The van der Waals surface area contributed by atoms with Gasteiger partial charge in [0, 0.05) is 28.8 Å². The number of allylic oxidation sites excluding steroid dienone is 3. The van der Waals surface area contributed by atoms with Crippen molar-refractivity contribution in [3.63, 3.8) is 0 Å². The lowest BCUT2D eigenvalue weighted by molar-refractivity contribution is -0.118. The molecule has 1 aliphatic carbocycles. The van der Waals surface area contributed by atoms with E-state index in [0.717, 1.165) is 16.9 Å². The molecule has 0 bridgehead atoms. The van der Waals surface area contributed by atoms with E-state index >= 15 is 0 Å². The van der Waals surface area contributed by atoms with Crippen LogP contribution in [-0.2, 0) is 4.79 Å². The third-order valence-corrected chi connectivity index (χ3v) is 6.18. The Morgan fingerprint density at radius 3 is 2.61 bits per heavy atom. The zero-order chi connectivity index (χ0) is 21.9. The third-order valence-electron chi connectivity index (χ3n) is 6.18. The first kappa shape index (κ1) is 19.3. The van der Waals surface area contributed by atoms with Crippen LogP contribution in [0.1, 0.15) is 43.7 Å². The fourth-order valence-corrected chi connectivity index (χ4v) is 4.91. The topological polar surface area (TPSA) is 82.5 Å². The Bertz CT molecular complexity index is 1280. The van der Waals surface area contributed by atoms with Crippen LogP contribution < -0.4 is 10.6 Å². The molecule has 2 heterocycles. The first-order chi connectivity index (χ1) is 14.8. The summed E-state index contributed by atoms with van der Waals surface area (Å²) < 4.78 is 14.9. The number of benzene rings is 2. The Balaban J connectivity index is 1.87. The summed E-state index contributed by atoms with van der Waals surface area (Å²) in [6.07, 6.45) is 0.941. The second-order valence-corrected chi connectivity index (χ2v) is 8.95. The number of nitriles is 1. The van der Waals surface area contributed by atoms with E-state index < -0.39 is 11.7 Å². The van der Waals surface area contributed by atoms with Gasteiger partial charge in [-0.15, -0.1) is 0 Å². The quantitative estimate of drug-likeness (QED) is 0.746. The molecule has 0 spiro atoms. The van der Waals surface area contributed by atoms with Crippen molar-refractivity contribution in [3.05, 3.63) is 88.1 Å². The summed E-state index contributed by atoms with van der Waals surface area (Å²) in [6.45, 7) is 4.09. The normalized spacial score (nSPS) is 21.7. The molecule has 2 aromatic rings. The van der Waals surface area contributed by atoms with Gasteiger partial charge in [-0.3, -0.25) is 9.69 Å².